The lowest BCUT2D eigenvalue weighted by atomic mass is 9.87. The molecule has 0 heterocycles. The van der Waals surface area contributed by atoms with Gasteiger partial charge in [0.05, 0.1) is 0 Å². The van der Waals surface area contributed by atoms with Gasteiger partial charge < -0.3 is 5.32 Å². The Bertz CT molecular complexity index is 732. The van der Waals surface area contributed by atoms with Crippen LogP contribution in [0, 0.1) is 0 Å². The summed E-state index contributed by atoms with van der Waals surface area (Å²) >= 11 is 0.499. The second kappa shape index (κ2) is 8.30. The van der Waals surface area contributed by atoms with Gasteiger partial charge in [-0.2, -0.15) is 8.78 Å². The fourth-order valence-electron chi connectivity index (χ4n) is 2.17. The monoisotopic (exact) mass is 361 g/mol. The van der Waals surface area contributed by atoms with Gasteiger partial charge in [0.2, 0.25) is 5.91 Å². The smallest absolute Gasteiger partial charge is 0.288 e. The first-order chi connectivity index (χ1) is 11.7. The minimum atomic E-state index is -2.43. The molecule has 2 aromatic carbocycles. The van der Waals surface area contributed by atoms with Gasteiger partial charge in [-0.05, 0) is 46.9 Å². The van der Waals surface area contributed by atoms with Crippen LogP contribution in [-0.4, -0.2) is 11.7 Å². The Hall–Kier alpha value is -2.14. The molecule has 2 aromatic rings. The van der Waals surface area contributed by atoms with Gasteiger partial charge in [0.25, 0.3) is 5.76 Å². The number of anilines is 1. The highest BCUT2D eigenvalue weighted by Crippen LogP contribution is 2.25. The summed E-state index contributed by atoms with van der Waals surface area (Å²) in [7, 11) is 0. The standard InChI is InChI=1S/C20H21F2NOS/c1-20(2,3)15-7-9-16(10-8-15)23-18(24)13-6-14-4-11-17(12-5-14)25-19(21)22/h4-13,19H,1-3H3,(H,23,24). The minimum absolute atomic E-state index is 0.0667. The van der Waals surface area contributed by atoms with Gasteiger partial charge in [0, 0.05) is 16.7 Å². The van der Waals surface area contributed by atoms with Crippen LogP contribution >= 0.6 is 11.8 Å². The van der Waals surface area contributed by atoms with E-state index in [0.717, 1.165) is 11.3 Å². The first-order valence-electron chi connectivity index (χ1n) is 7.88. The van der Waals surface area contributed by atoms with E-state index in [9.17, 15) is 13.6 Å². The summed E-state index contributed by atoms with van der Waals surface area (Å²) in [6, 6.07) is 14.4. The molecule has 0 aliphatic rings. The van der Waals surface area contributed by atoms with Crippen molar-refractivity contribution in [1.82, 2.24) is 0 Å². The molecule has 0 aliphatic carbocycles. The number of alkyl halides is 2. The van der Waals surface area contributed by atoms with Crippen LogP contribution in [0.5, 0.6) is 0 Å². The molecular formula is C20H21F2NOS. The second-order valence-corrected chi connectivity index (χ2v) is 7.66. The van der Waals surface area contributed by atoms with Gasteiger partial charge >= 0.3 is 0 Å². The Balaban J connectivity index is 1.94. The van der Waals surface area contributed by atoms with Crippen LogP contribution in [0.15, 0.2) is 59.5 Å². The molecule has 1 amide bonds. The number of hydrogen-bond acceptors (Lipinski definition) is 2. The molecule has 2 nitrogen and oxygen atoms in total. The van der Waals surface area contributed by atoms with E-state index in [1.807, 2.05) is 24.3 Å². The first-order valence-corrected chi connectivity index (χ1v) is 8.76. The number of carbonyl (C=O) groups excluding carboxylic acids is 1. The third kappa shape index (κ3) is 6.35. The van der Waals surface area contributed by atoms with Crippen molar-refractivity contribution in [3.8, 4) is 0 Å². The van der Waals surface area contributed by atoms with E-state index in [0.29, 0.717) is 16.7 Å². The number of hydrogen-bond donors (Lipinski definition) is 1. The normalized spacial score (nSPS) is 11.9. The zero-order chi connectivity index (χ0) is 18.4. The van der Waals surface area contributed by atoms with Crippen LogP contribution in [0.4, 0.5) is 14.5 Å². The molecule has 0 atom stereocenters. The van der Waals surface area contributed by atoms with Crippen LogP contribution in [0.2, 0.25) is 0 Å². The van der Waals surface area contributed by atoms with Crippen molar-refractivity contribution in [3.63, 3.8) is 0 Å². The summed E-state index contributed by atoms with van der Waals surface area (Å²) in [6.07, 6.45) is 3.07. The molecule has 2 rings (SSSR count). The lowest BCUT2D eigenvalue weighted by Gasteiger charge is -2.19. The molecule has 1 N–H and O–H groups in total. The Labute approximate surface area is 151 Å². The maximum absolute atomic E-state index is 12.3. The van der Waals surface area contributed by atoms with Crippen LogP contribution in [-0.2, 0) is 10.2 Å². The summed E-state index contributed by atoms with van der Waals surface area (Å²) in [5.74, 6) is -2.67. The topological polar surface area (TPSA) is 29.1 Å². The number of rotatable bonds is 5. The number of thioether (sulfide) groups is 1. The van der Waals surface area contributed by atoms with Gasteiger partial charge in [-0.25, -0.2) is 0 Å². The quantitative estimate of drug-likeness (QED) is 0.526. The highest BCUT2D eigenvalue weighted by atomic mass is 32.2. The molecule has 0 saturated heterocycles. The van der Waals surface area contributed by atoms with E-state index >= 15 is 0 Å². The van der Waals surface area contributed by atoms with Crippen molar-refractivity contribution in [2.45, 2.75) is 36.8 Å². The fraction of sp³-hybridized carbons (Fsp3) is 0.250. The van der Waals surface area contributed by atoms with Crippen molar-refractivity contribution in [3.05, 3.63) is 65.7 Å². The van der Waals surface area contributed by atoms with E-state index in [1.54, 1.807) is 30.3 Å². The molecule has 0 fully saturated rings. The van der Waals surface area contributed by atoms with Crippen LogP contribution in [0.1, 0.15) is 31.9 Å². The number of carbonyl (C=O) groups is 1. The van der Waals surface area contributed by atoms with Gasteiger partial charge in [-0.15, -0.1) is 0 Å². The second-order valence-electron chi connectivity index (χ2n) is 6.60. The van der Waals surface area contributed by atoms with E-state index in [4.69, 9.17) is 0 Å². The van der Waals surface area contributed by atoms with Gasteiger partial charge in [0.15, 0.2) is 0 Å². The zero-order valence-corrected chi connectivity index (χ0v) is 15.2. The zero-order valence-electron chi connectivity index (χ0n) is 14.4. The summed E-state index contributed by atoms with van der Waals surface area (Å²) < 4.78 is 24.5. The highest BCUT2D eigenvalue weighted by molar-refractivity contribution is 7.99. The summed E-state index contributed by atoms with van der Waals surface area (Å²) in [4.78, 5) is 12.5. The Morgan fingerprint density at radius 3 is 2.16 bits per heavy atom. The van der Waals surface area contributed by atoms with Gasteiger partial charge in [0.1, 0.15) is 0 Å². The largest absolute Gasteiger partial charge is 0.323 e. The molecule has 0 spiro atoms. The Kier molecular flexibility index (Phi) is 6.37. The molecule has 0 aromatic heterocycles. The van der Waals surface area contributed by atoms with Gasteiger partial charge in [-0.3, -0.25) is 4.79 Å². The number of amides is 1. The average Bonchev–Trinajstić information content (AvgIpc) is 2.53. The van der Waals surface area contributed by atoms with Gasteiger partial charge in [-0.1, -0.05) is 56.8 Å². The van der Waals surface area contributed by atoms with E-state index in [-0.39, 0.29) is 11.3 Å². The molecule has 0 unspecified atom stereocenters. The third-order valence-electron chi connectivity index (χ3n) is 3.55. The molecule has 25 heavy (non-hydrogen) atoms. The fourth-order valence-corrected chi connectivity index (χ4v) is 2.67. The van der Waals surface area contributed by atoms with Crippen LogP contribution in [0.25, 0.3) is 6.08 Å². The molecule has 0 saturated carbocycles. The summed E-state index contributed by atoms with van der Waals surface area (Å²) in [6.45, 7) is 6.40. The van der Waals surface area contributed by atoms with Crippen molar-refractivity contribution in [2.75, 3.05) is 5.32 Å². The first kappa shape index (κ1) is 19.2. The van der Waals surface area contributed by atoms with Crippen molar-refractivity contribution in [1.29, 1.82) is 0 Å². The lowest BCUT2D eigenvalue weighted by molar-refractivity contribution is -0.111. The SMILES string of the molecule is CC(C)(C)c1ccc(NC(=O)C=Cc2ccc(SC(F)F)cc2)cc1. The van der Waals surface area contributed by atoms with E-state index in [1.165, 1.54) is 11.6 Å². The highest BCUT2D eigenvalue weighted by Gasteiger charge is 2.12. The lowest BCUT2D eigenvalue weighted by Crippen LogP contribution is -2.12. The Morgan fingerprint density at radius 1 is 1.04 bits per heavy atom. The van der Waals surface area contributed by atoms with Crippen molar-refractivity contribution >= 4 is 29.4 Å². The maximum atomic E-state index is 12.3. The number of nitrogens with one attached hydrogen (secondary N) is 1. The number of benzene rings is 2. The molecule has 0 radical (unpaired) electrons. The van der Waals surface area contributed by atoms with Crippen molar-refractivity contribution < 1.29 is 13.6 Å². The molecular weight excluding hydrogens is 340 g/mol. The van der Waals surface area contributed by atoms with E-state index < -0.39 is 5.76 Å². The average molecular weight is 361 g/mol. The Morgan fingerprint density at radius 2 is 1.64 bits per heavy atom. The third-order valence-corrected chi connectivity index (χ3v) is 4.27. The predicted octanol–water partition coefficient (Wildman–Crippen LogP) is 5.95. The number of halogens is 2. The van der Waals surface area contributed by atoms with E-state index in [2.05, 4.69) is 26.1 Å². The maximum Gasteiger partial charge on any atom is 0.288 e. The summed E-state index contributed by atoms with van der Waals surface area (Å²) in [5, 5.41) is 2.80. The van der Waals surface area contributed by atoms with Crippen molar-refractivity contribution in [2.24, 2.45) is 0 Å². The van der Waals surface area contributed by atoms with Crippen LogP contribution in [0.3, 0.4) is 0 Å². The molecule has 5 heteroatoms. The molecule has 0 aliphatic heterocycles. The molecule has 0 bridgehead atoms. The minimum Gasteiger partial charge on any atom is -0.323 e. The summed E-state index contributed by atoms with van der Waals surface area (Å²) in [5.41, 5.74) is 2.77. The van der Waals surface area contributed by atoms with Crippen LogP contribution < -0.4 is 5.32 Å². The predicted molar refractivity (Wildman–Crippen MR) is 101 cm³/mol. The molecule has 132 valence electrons.